The first-order chi connectivity index (χ1) is 11.2. The molecule has 2 aromatic carbocycles. The van der Waals surface area contributed by atoms with Crippen LogP contribution >= 0.6 is 0 Å². The molecule has 1 aromatic heterocycles. The van der Waals surface area contributed by atoms with Crippen molar-refractivity contribution in [3.63, 3.8) is 0 Å². The molecule has 23 heavy (non-hydrogen) atoms. The van der Waals surface area contributed by atoms with Gasteiger partial charge in [-0.2, -0.15) is 0 Å². The third-order valence-corrected chi connectivity index (χ3v) is 3.13. The Labute approximate surface area is 132 Å². The van der Waals surface area contributed by atoms with E-state index in [1.807, 2.05) is 31.2 Å². The van der Waals surface area contributed by atoms with Crippen molar-refractivity contribution in [3.05, 3.63) is 60.5 Å². The average Bonchev–Trinajstić information content (AvgIpc) is 3.09. The summed E-state index contributed by atoms with van der Waals surface area (Å²) in [5.41, 5.74) is 1.71. The summed E-state index contributed by atoms with van der Waals surface area (Å²) in [6.45, 7) is 1.76. The molecule has 0 unspecified atom stereocenters. The molecule has 3 rings (SSSR count). The zero-order chi connectivity index (χ0) is 16.1. The highest BCUT2D eigenvalue weighted by Crippen LogP contribution is 2.20. The predicted octanol–water partition coefficient (Wildman–Crippen LogP) is 3.03. The molecule has 0 fully saturated rings. The van der Waals surface area contributed by atoms with Crippen LogP contribution in [0, 0.1) is 6.92 Å². The zero-order valence-electron chi connectivity index (χ0n) is 12.4. The van der Waals surface area contributed by atoms with E-state index in [9.17, 15) is 4.79 Å². The summed E-state index contributed by atoms with van der Waals surface area (Å²) < 4.78 is 15.8. The maximum absolute atomic E-state index is 11.8. The van der Waals surface area contributed by atoms with Gasteiger partial charge in [0.1, 0.15) is 11.5 Å². The van der Waals surface area contributed by atoms with E-state index in [1.165, 1.54) is 6.39 Å². The molecule has 6 heteroatoms. The molecule has 0 radical (unpaired) electrons. The first kappa shape index (κ1) is 14.8. The highest BCUT2D eigenvalue weighted by Gasteiger charge is 2.09. The molecule has 1 heterocycles. The van der Waals surface area contributed by atoms with Crippen molar-refractivity contribution in [3.8, 4) is 23.0 Å². The molecule has 3 aromatic rings. The lowest BCUT2D eigenvalue weighted by molar-refractivity contribution is -0.136. The topological polar surface area (TPSA) is 74.5 Å². The van der Waals surface area contributed by atoms with Crippen LogP contribution < -0.4 is 9.47 Å². The molecule has 6 nitrogen and oxygen atoms in total. The first-order valence-corrected chi connectivity index (χ1v) is 6.98. The van der Waals surface area contributed by atoms with Crippen LogP contribution in [-0.2, 0) is 4.79 Å². The molecular formula is C17H14N2O4. The molecule has 0 N–H and O–H groups in total. The van der Waals surface area contributed by atoms with E-state index in [4.69, 9.17) is 13.9 Å². The van der Waals surface area contributed by atoms with Crippen LogP contribution in [-0.4, -0.2) is 22.8 Å². The fourth-order valence-electron chi connectivity index (χ4n) is 1.98. The van der Waals surface area contributed by atoms with Crippen molar-refractivity contribution in [2.45, 2.75) is 6.92 Å². The zero-order valence-corrected chi connectivity index (χ0v) is 12.4. The highest BCUT2D eigenvalue weighted by molar-refractivity contribution is 5.74. The van der Waals surface area contributed by atoms with Crippen LogP contribution in [0.2, 0.25) is 0 Å². The van der Waals surface area contributed by atoms with Crippen molar-refractivity contribution in [1.29, 1.82) is 0 Å². The van der Waals surface area contributed by atoms with Gasteiger partial charge in [-0.25, -0.2) is 4.79 Å². The summed E-state index contributed by atoms with van der Waals surface area (Å²) in [5.74, 6) is 1.02. The normalized spacial score (nSPS) is 10.3. The van der Waals surface area contributed by atoms with Crippen molar-refractivity contribution in [1.82, 2.24) is 10.2 Å². The van der Waals surface area contributed by atoms with Gasteiger partial charge in [0.15, 0.2) is 6.61 Å². The Hall–Kier alpha value is -3.15. The number of nitrogens with zero attached hydrogens (tertiary/aromatic N) is 2. The summed E-state index contributed by atoms with van der Waals surface area (Å²) in [5, 5.41) is 7.41. The SMILES string of the molecule is Cc1ccccc1OCC(=O)Oc1ccc(-c2nnco2)cc1. The number of rotatable bonds is 5. The summed E-state index contributed by atoms with van der Waals surface area (Å²) in [7, 11) is 0. The van der Waals surface area contributed by atoms with Gasteiger partial charge in [-0.1, -0.05) is 18.2 Å². The lowest BCUT2D eigenvalue weighted by Crippen LogP contribution is -2.17. The quantitative estimate of drug-likeness (QED) is 0.532. The molecule has 0 spiro atoms. The van der Waals surface area contributed by atoms with Crippen molar-refractivity contribution >= 4 is 5.97 Å². The second kappa shape index (κ2) is 6.74. The monoisotopic (exact) mass is 310 g/mol. The Morgan fingerprint density at radius 2 is 1.91 bits per heavy atom. The van der Waals surface area contributed by atoms with Crippen LogP contribution in [0.1, 0.15) is 5.56 Å². The largest absolute Gasteiger partial charge is 0.482 e. The van der Waals surface area contributed by atoms with Crippen molar-refractivity contribution < 1.29 is 18.7 Å². The molecule has 0 saturated heterocycles. The maximum atomic E-state index is 11.8. The molecule has 0 saturated carbocycles. The van der Waals surface area contributed by atoms with Gasteiger partial charge < -0.3 is 13.9 Å². The van der Waals surface area contributed by atoms with Gasteiger partial charge in [0.25, 0.3) is 0 Å². The Kier molecular flexibility index (Phi) is 4.33. The Morgan fingerprint density at radius 1 is 1.13 bits per heavy atom. The van der Waals surface area contributed by atoms with E-state index in [1.54, 1.807) is 24.3 Å². The molecular weight excluding hydrogens is 296 g/mol. The van der Waals surface area contributed by atoms with E-state index in [-0.39, 0.29) is 6.61 Å². The van der Waals surface area contributed by atoms with Crippen LogP contribution in [0.3, 0.4) is 0 Å². The fourth-order valence-corrected chi connectivity index (χ4v) is 1.98. The molecule has 0 atom stereocenters. The van der Waals surface area contributed by atoms with E-state index < -0.39 is 5.97 Å². The Morgan fingerprint density at radius 3 is 2.61 bits per heavy atom. The molecule has 116 valence electrons. The van der Waals surface area contributed by atoms with Crippen LogP contribution in [0.15, 0.2) is 59.3 Å². The van der Waals surface area contributed by atoms with E-state index in [2.05, 4.69) is 10.2 Å². The summed E-state index contributed by atoms with van der Waals surface area (Å²) >= 11 is 0. The second-order valence-electron chi connectivity index (χ2n) is 4.80. The second-order valence-corrected chi connectivity index (χ2v) is 4.80. The van der Waals surface area contributed by atoms with Gasteiger partial charge in [-0.15, -0.1) is 10.2 Å². The van der Waals surface area contributed by atoms with Gasteiger partial charge in [0, 0.05) is 5.56 Å². The lowest BCUT2D eigenvalue weighted by atomic mass is 10.2. The number of aryl methyl sites for hydroxylation is 1. The number of esters is 1. The number of ether oxygens (including phenoxy) is 2. The summed E-state index contributed by atoms with van der Waals surface area (Å²) in [6, 6.07) is 14.3. The Balaban J connectivity index is 1.57. The minimum Gasteiger partial charge on any atom is -0.482 e. The molecule has 0 bridgehead atoms. The molecule has 0 amide bonds. The van der Waals surface area contributed by atoms with E-state index >= 15 is 0 Å². The summed E-state index contributed by atoms with van der Waals surface area (Å²) in [6.07, 6.45) is 1.26. The standard InChI is InChI=1S/C17H14N2O4/c1-12-4-2-3-5-15(12)21-10-16(20)23-14-8-6-13(7-9-14)17-19-18-11-22-17/h2-9,11H,10H2,1H3. The lowest BCUT2D eigenvalue weighted by Gasteiger charge is -2.08. The number of aromatic nitrogens is 2. The number of benzene rings is 2. The highest BCUT2D eigenvalue weighted by atomic mass is 16.6. The number of hydrogen-bond donors (Lipinski definition) is 0. The molecule has 0 aliphatic heterocycles. The average molecular weight is 310 g/mol. The molecule has 0 aliphatic rings. The minimum absolute atomic E-state index is 0.156. The number of carbonyl (C=O) groups is 1. The van der Waals surface area contributed by atoms with Gasteiger partial charge in [-0.3, -0.25) is 0 Å². The minimum atomic E-state index is -0.473. The molecule has 0 aliphatic carbocycles. The van der Waals surface area contributed by atoms with E-state index in [0.717, 1.165) is 11.1 Å². The van der Waals surface area contributed by atoms with Crippen molar-refractivity contribution in [2.75, 3.05) is 6.61 Å². The summed E-state index contributed by atoms with van der Waals surface area (Å²) in [4.78, 5) is 11.8. The Bertz CT molecular complexity index is 783. The third-order valence-electron chi connectivity index (χ3n) is 3.13. The third kappa shape index (κ3) is 3.74. The number of hydrogen-bond acceptors (Lipinski definition) is 6. The maximum Gasteiger partial charge on any atom is 0.349 e. The van der Waals surface area contributed by atoms with Gasteiger partial charge in [-0.05, 0) is 42.8 Å². The van der Waals surface area contributed by atoms with Crippen LogP contribution in [0.25, 0.3) is 11.5 Å². The number of carbonyl (C=O) groups excluding carboxylic acids is 1. The van der Waals surface area contributed by atoms with E-state index in [0.29, 0.717) is 17.4 Å². The van der Waals surface area contributed by atoms with Gasteiger partial charge >= 0.3 is 5.97 Å². The van der Waals surface area contributed by atoms with Gasteiger partial charge in [0.2, 0.25) is 12.3 Å². The predicted molar refractivity (Wildman–Crippen MR) is 82.0 cm³/mol. The number of para-hydroxylation sites is 1. The fraction of sp³-hybridized carbons (Fsp3) is 0.118. The van der Waals surface area contributed by atoms with Crippen molar-refractivity contribution in [2.24, 2.45) is 0 Å². The van der Waals surface area contributed by atoms with Crippen LogP contribution in [0.4, 0.5) is 0 Å². The van der Waals surface area contributed by atoms with Crippen LogP contribution in [0.5, 0.6) is 11.5 Å². The smallest absolute Gasteiger partial charge is 0.349 e. The van der Waals surface area contributed by atoms with Gasteiger partial charge in [0.05, 0.1) is 0 Å². The first-order valence-electron chi connectivity index (χ1n) is 6.98.